The van der Waals surface area contributed by atoms with Crippen LogP contribution in [0.3, 0.4) is 0 Å². The van der Waals surface area contributed by atoms with Gasteiger partial charge in [0.2, 0.25) is 5.88 Å². The number of carbonyl (C=O) groups excluding carboxylic acids is 1. The van der Waals surface area contributed by atoms with Gasteiger partial charge in [0, 0.05) is 44.3 Å². The number of rotatable bonds is 3. The Morgan fingerprint density at radius 3 is 2.44 bits per heavy atom. The van der Waals surface area contributed by atoms with Crippen LogP contribution in [0.15, 0.2) is 6.07 Å². The van der Waals surface area contributed by atoms with Crippen molar-refractivity contribution >= 4 is 5.91 Å². The second kappa shape index (κ2) is 7.13. The van der Waals surface area contributed by atoms with Crippen LogP contribution in [-0.4, -0.2) is 97.2 Å². The Labute approximate surface area is 148 Å². The molecule has 3 rings (SSSR count). The van der Waals surface area contributed by atoms with Gasteiger partial charge < -0.3 is 19.3 Å². The normalized spacial score (nSPS) is 21.4. The molecule has 1 aromatic rings. The number of hydrogen-bond acceptors (Lipinski definition) is 7. The molecule has 0 radical (unpaired) electrons. The van der Waals surface area contributed by atoms with Gasteiger partial charge in [-0.1, -0.05) is 0 Å². The first-order valence-electron chi connectivity index (χ1n) is 8.63. The van der Waals surface area contributed by atoms with Gasteiger partial charge in [-0.25, -0.2) is 0 Å². The molecule has 3 heterocycles. The molecule has 2 aliphatic rings. The molecule has 0 atom stereocenters. The van der Waals surface area contributed by atoms with Crippen molar-refractivity contribution in [3.63, 3.8) is 0 Å². The summed E-state index contributed by atoms with van der Waals surface area (Å²) >= 11 is 0. The standard InChI is InChI=1S/C17H27N5O3/c1-20-9-10-21(2)17(12-20)5-7-22(8-6-17)15(23)13-11-14(24-3)19-16(18-13)25-4/h11H,5-10,12H2,1-4H3. The summed E-state index contributed by atoms with van der Waals surface area (Å²) in [6.07, 6.45) is 1.94. The van der Waals surface area contributed by atoms with Crippen LogP contribution in [0.1, 0.15) is 23.3 Å². The number of likely N-dealkylation sites (N-methyl/N-ethyl adjacent to an activating group) is 2. The summed E-state index contributed by atoms with van der Waals surface area (Å²) in [4.78, 5) is 27.8. The van der Waals surface area contributed by atoms with Gasteiger partial charge in [0.15, 0.2) is 0 Å². The first-order valence-corrected chi connectivity index (χ1v) is 8.63. The molecule has 138 valence electrons. The molecule has 25 heavy (non-hydrogen) atoms. The van der Waals surface area contributed by atoms with Crippen molar-refractivity contribution < 1.29 is 14.3 Å². The Hall–Kier alpha value is -1.93. The molecule has 0 unspecified atom stereocenters. The Morgan fingerprint density at radius 1 is 1.08 bits per heavy atom. The van der Waals surface area contributed by atoms with E-state index < -0.39 is 0 Å². The van der Waals surface area contributed by atoms with Crippen molar-refractivity contribution in [2.24, 2.45) is 0 Å². The fourth-order valence-electron chi connectivity index (χ4n) is 3.80. The van der Waals surface area contributed by atoms with Crippen molar-refractivity contribution in [1.82, 2.24) is 24.7 Å². The van der Waals surface area contributed by atoms with E-state index in [0.29, 0.717) is 11.6 Å². The van der Waals surface area contributed by atoms with E-state index in [0.717, 1.165) is 45.6 Å². The molecule has 1 aromatic heterocycles. The fourth-order valence-corrected chi connectivity index (χ4v) is 3.80. The highest BCUT2D eigenvalue weighted by Gasteiger charge is 2.42. The van der Waals surface area contributed by atoms with E-state index in [1.165, 1.54) is 14.2 Å². The number of methoxy groups -OCH3 is 2. The molecule has 0 N–H and O–H groups in total. The quantitative estimate of drug-likeness (QED) is 0.779. The molecular formula is C17H27N5O3. The lowest BCUT2D eigenvalue weighted by Gasteiger charge is -2.52. The molecule has 1 amide bonds. The summed E-state index contributed by atoms with van der Waals surface area (Å²) in [7, 11) is 7.36. The summed E-state index contributed by atoms with van der Waals surface area (Å²) in [6.45, 7) is 4.68. The van der Waals surface area contributed by atoms with E-state index in [2.05, 4.69) is 33.9 Å². The third kappa shape index (κ3) is 3.55. The molecule has 8 heteroatoms. The fraction of sp³-hybridized carbons (Fsp3) is 0.706. The van der Waals surface area contributed by atoms with Gasteiger partial charge in [0.1, 0.15) is 5.69 Å². The van der Waals surface area contributed by atoms with Crippen LogP contribution >= 0.6 is 0 Å². The smallest absolute Gasteiger partial charge is 0.320 e. The number of piperidine rings is 1. The van der Waals surface area contributed by atoms with Crippen LogP contribution in [0.4, 0.5) is 0 Å². The zero-order valence-corrected chi connectivity index (χ0v) is 15.5. The largest absolute Gasteiger partial charge is 0.481 e. The average molecular weight is 349 g/mol. The summed E-state index contributed by atoms with van der Waals surface area (Å²) < 4.78 is 10.2. The summed E-state index contributed by atoms with van der Waals surface area (Å²) in [5.74, 6) is 0.234. The van der Waals surface area contributed by atoms with Crippen molar-refractivity contribution in [3.05, 3.63) is 11.8 Å². The van der Waals surface area contributed by atoms with Crippen molar-refractivity contribution in [3.8, 4) is 11.9 Å². The SMILES string of the molecule is COc1cc(C(=O)N2CCC3(CC2)CN(C)CCN3C)nc(OC)n1. The van der Waals surface area contributed by atoms with E-state index in [9.17, 15) is 4.79 Å². The molecule has 0 bridgehead atoms. The van der Waals surface area contributed by atoms with Crippen LogP contribution in [0.5, 0.6) is 11.9 Å². The molecule has 1 spiro atoms. The van der Waals surface area contributed by atoms with E-state index in [1.54, 1.807) is 6.07 Å². The van der Waals surface area contributed by atoms with Crippen LogP contribution in [0.25, 0.3) is 0 Å². The number of nitrogens with zero attached hydrogens (tertiary/aromatic N) is 5. The molecule has 0 aliphatic carbocycles. The summed E-state index contributed by atoms with van der Waals surface area (Å²) in [5, 5.41) is 0. The zero-order valence-electron chi connectivity index (χ0n) is 15.5. The predicted octanol–water partition coefficient (Wildman–Crippen LogP) is 0.346. The van der Waals surface area contributed by atoms with Gasteiger partial charge in [-0.15, -0.1) is 0 Å². The van der Waals surface area contributed by atoms with Gasteiger partial charge in [-0.05, 0) is 26.9 Å². The lowest BCUT2D eigenvalue weighted by atomic mass is 9.84. The van der Waals surface area contributed by atoms with E-state index in [1.807, 2.05) is 4.90 Å². The number of piperazine rings is 1. The third-order valence-electron chi connectivity index (χ3n) is 5.47. The number of hydrogen-bond donors (Lipinski definition) is 0. The number of amides is 1. The van der Waals surface area contributed by atoms with Crippen LogP contribution in [0, 0.1) is 0 Å². The lowest BCUT2D eigenvalue weighted by Crippen LogP contribution is -2.64. The first kappa shape index (κ1) is 17.9. The van der Waals surface area contributed by atoms with Gasteiger partial charge in [-0.2, -0.15) is 9.97 Å². The van der Waals surface area contributed by atoms with Crippen molar-refractivity contribution in [1.29, 1.82) is 0 Å². The molecule has 8 nitrogen and oxygen atoms in total. The number of carbonyl (C=O) groups is 1. The number of ether oxygens (including phenoxy) is 2. The van der Waals surface area contributed by atoms with E-state index in [4.69, 9.17) is 9.47 Å². The highest BCUT2D eigenvalue weighted by Crippen LogP contribution is 2.31. The third-order valence-corrected chi connectivity index (χ3v) is 5.47. The molecule has 2 fully saturated rings. The Balaban J connectivity index is 1.71. The maximum atomic E-state index is 12.9. The molecule has 0 aromatic carbocycles. The minimum absolute atomic E-state index is 0.0966. The zero-order chi connectivity index (χ0) is 18.0. The van der Waals surface area contributed by atoms with Gasteiger partial charge in [-0.3, -0.25) is 9.69 Å². The highest BCUT2D eigenvalue weighted by atomic mass is 16.5. The minimum Gasteiger partial charge on any atom is -0.481 e. The second-order valence-electron chi connectivity index (χ2n) is 6.96. The topological polar surface area (TPSA) is 71.0 Å². The Kier molecular flexibility index (Phi) is 5.10. The van der Waals surface area contributed by atoms with Crippen molar-refractivity contribution in [2.45, 2.75) is 18.4 Å². The minimum atomic E-state index is -0.0966. The van der Waals surface area contributed by atoms with Crippen LogP contribution in [-0.2, 0) is 0 Å². The summed E-state index contributed by atoms with van der Waals surface area (Å²) in [6, 6.07) is 1.71. The van der Waals surface area contributed by atoms with Crippen LogP contribution in [0.2, 0.25) is 0 Å². The van der Waals surface area contributed by atoms with Gasteiger partial charge >= 0.3 is 6.01 Å². The Morgan fingerprint density at radius 2 is 1.80 bits per heavy atom. The number of aromatic nitrogens is 2. The van der Waals surface area contributed by atoms with Gasteiger partial charge in [0.25, 0.3) is 5.91 Å². The molecular weight excluding hydrogens is 322 g/mol. The maximum Gasteiger partial charge on any atom is 0.320 e. The maximum absolute atomic E-state index is 12.9. The average Bonchev–Trinajstić information content (AvgIpc) is 2.64. The predicted molar refractivity (Wildman–Crippen MR) is 93.1 cm³/mol. The highest BCUT2D eigenvalue weighted by molar-refractivity contribution is 5.92. The first-order chi connectivity index (χ1) is 12.0. The van der Waals surface area contributed by atoms with E-state index in [-0.39, 0.29) is 17.5 Å². The molecule has 0 saturated carbocycles. The number of likely N-dealkylation sites (tertiary alicyclic amines) is 1. The van der Waals surface area contributed by atoms with Crippen LogP contribution < -0.4 is 9.47 Å². The molecule has 2 saturated heterocycles. The monoisotopic (exact) mass is 349 g/mol. The second-order valence-corrected chi connectivity index (χ2v) is 6.96. The van der Waals surface area contributed by atoms with Gasteiger partial charge in [0.05, 0.1) is 14.2 Å². The summed E-state index contributed by atoms with van der Waals surface area (Å²) in [5.41, 5.74) is 0.485. The molecule has 2 aliphatic heterocycles. The van der Waals surface area contributed by atoms with Crippen molar-refractivity contribution in [2.75, 3.05) is 61.0 Å². The van der Waals surface area contributed by atoms with E-state index >= 15 is 0 Å². The Bertz CT molecular complexity index is 608. The lowest BCUT2D eigenvalue weighted by molar-refractivity contribution is -0.0158.